The molecule has 2 rings (SSSR count). The number of rotatable bonds is 1. The molecule has 0 aliphatic carbocycles. The molecule has 3 heteroatoms. The zero-order chi connectivity index (χ0) is 11.8. The number of benzene rings is 1. The molecule has 2 nitrogen and oxygen atoms in total. The highest BCUT2D eigenvalue weighted by Crippen LogP contribution is 2.31. The first-order valence-electron chi connectivity index (χ1n) is 5.75. The Balaban J connectivity index is 2.14. The molecule has 2 N–H and O–H groups in total. The molecule has 1 aromatic rings. The van der Waals surface area contributed by atoms with Crippen LogP contribution in [0.1, 0.15) is 20.3 Å². The molecule has 0 spiro atoms. The van der Waals surface area contributed by atoms with E-state index in [1.165, 1.54) is 5.69 Å². The van der Waals surface area contributed by atoms with Gasteiger partial charge in [-0.05, 0) is 36.1 Å². The molecule has 88 valence electrons. The number of hydrogen-bond acceptors (Lipinski definition) is 2. The monoisotopic (exact) mass is 238 g/mol. The Kier molecular flexibility index (Phi) is 3.13. The zero-order valence-electron chi connectivity index (χ0n) is 9.91. The molecule has 0 radical (unpaired) electrons. The van der Waals surface area contributed by atoms with Crippen molar-refractivity contribution in [3.05, 3.63) is 29.3 Å². The van der Waals surface area contributed by atoms with Crippen molar-refractivity contribution in [1.29, 1.82) is 0 Å². The van der Waals surface area contributed by atoms with Crippen LogP contribution in [0.25, 0.3) is 0 Å². The van der Waals surface area contributed by atoms with Crippen molar-refractivity contribution in [2.75, 3.05) is 18.0 Å². The molecule has 0 amide bonds. The summed E-state index contributed by atoms with van der Waals surface area (Å²) in [5.41, 5.74) is 7.55. The highest BCUT2D eigenvalue weighted by Gasteiger charge is 2.33. The Morgan fingerprint density at radius 1 is 1.31 bits per heavy atom. The summed E-state index contributed by atoms with van der Waals surface area (Å²) in [6, 6.07) is 8.34. The summed E-state index contributed by atoms with van der Waals surface area (Å²) in [6.07, 6.45) is 1.05. The number of halogens is 1. The Morgan fingerprint density at radius 3 is 2.50 bits per heavy atom. The average molecular weight is 239 g/mol. The fourth-order valence-corrected chi connectivity index (χ4v) is 2.37. The summed E-state index contributed by atoms with van der Waals surface area (Å²) in [6.45, 7) is 6.52. The molecule has 1 aromatic carbocycles. The number of anilines is 1. The Labute approximate surface area is 102 Å². The van der Waals surface area contributed by atoms with Crippen LogP contribution >= 0.6 is 11.6 Å². The van der Waals surface area contributed by atoms with Gasteiger partial charge < -0.3 is 10.6 Å². The van der Waals surface area contributed by atoms with Gasteiger partial charge in [-0.3, -0.25) is 0 Å². The summed E-state index contributed by atoms with van der Waals surface area (Å²) in [5, 5.41) is 0.789. The molecular formula is C13H19ClN2. The lowest BCUT2D eigenvalue weighted by molar-refractivity contribution is 0.245. The summed E-state index contributed by atoms with van der Waals surface area (Å²) >= 11 is 5.89. The molecule has 1 fully saturated rings. The van der Waals surface area contributed by atoms with Crippen LogP contribution in [0.5, 0.6) is 0 Å². The fraction of sp³-hybridized carbons (Fsp3) is 0.538. The fourth-order valence-electron chi connectivity index (χ4n) is 2.25. The van der Waals surface area contributed by atoms with Crippen molar-refractivity contribution in [2.24, 2.45) is 11.1 Å². The van der Waals surface area contributed by atoms with Crippen molar-refractivity contribution in [3.63, 3.8) is 0 Å². The number of piperidine rings is 1. The standard InChI is InChI=1S/C13H19ClN2/c1-13(2)9-16(8-7-12(13)15)11-5-3-10(14)4-6-11/h3-6,12H,7-9,15H2,1-2H3. The first kappa shape index (κ1) is 11.7. The lowest BCUT2D eigenvalue weighted by atomic mass is 9.79. The van der Waals surface area contributed by atoms with Gasteiger partial charge in [-0.25, -0.2) is 0 Å². The molecule has 1 unspecified atom stereocenters. The van der Waals surface area contributed by atoms with Gasteiger partial charge in [0.2, 0.25) is 0 Å². The van der Waals surface area contributed by atoms with E-state index in [0.29, 0.717) is 6.04 Å². The van der Waals surface area contributed by atoms with Gasteiger partial charge in [-0.15, -0.1) is 0 Å². The van der Waals surface area contributed by atoms with Crippen molar-refractivity contribution in [1.82, 2.24) is 0 Å². The zero-order valence-corrected chi connectivity index (χ0v) is 10.7. The summed E-state index contributed by atoms with van der Waals surface area (Å²) in [5.74, 6) is 0. The van der Waals surface area contributed by atoms with Gasteiger partial charge in [0.15, 0.2) is 0 Å². The van der Waals surface area contributed by atoms with Gasteiger partial charge in [0, 0.05) is 29.8 Å². The van der Waals surface area contributed by atoms with Crippen molar-refractivity contribution in [2.45, 2.75) is 26.3 Å². The van der Waals surface area contributed by atoms with E-state index in [1.807, 2.05) is 12.1 Å². The van der Waals surface area contributed by atoms with Crippen molar-refractivity contribution < 1.29 is 0 Å². The third kappa shape index (κ3) is 2.33. The van der Waals surface area contributed by atoms with Crippen LogP contribution in [0.4, 0.5) is 5.69 Å². The van der Waals surface area contributed by atoms with Crippen LogP contribution in [0.3, 0.4) is 0 Å². The lowest BCUT2D eigenvalue weighted by Gasteiger charge is -2.43. The van der Waals surface area contributed by atoms with Crippen LogP contribution in [0.2, 0.25) is 5.02 Å². The van der Waals surface area contributed by atoms with Gasteiger partial charge in [-0.1, -0.05) is 25.4 Å². The molecule has 0 saturated carbocycles. The van der Waals surface area contributed by atoms with Crippen molar-refractivity contribution >= 4 is 17.3 Å². The van der Waals surface area contributed by atoms with Crippen LogP contribution in [0.15, 0.2) is 24.3 Å². The minimum absolute atomic E-state index is 0.178. The molecule has 0 aromatic heterocycles. The topological polar surface area (TPSA) is 29.3 Å². The van der Waals surface area contributed by atoms with Crippen LogP contribution in [-0.2, 0) is 0 Å². The average Bonchev–Trinajstić information content (AvgIpc) is 2.23. The highest BCUT2D eigenvalue weighted by molar-refractivity contribution is 6.30. The maximum atomic E-state index is 6.13. The van der Waals surface area contributed by atoms with E-state index in [9.17, 15) is 0 Å². The van der Waals surface area contributed by atoms with E-state index >= 15 is 0 Å². The van der Waals surface area contributed by atoms with Gasteiger partial charge in [0.25, 0.3) is 0 Å². The second kappa shape index (κ2) is 4.27. The summed E-state index contributed by atoms with van der Waals surface area (Å²) in [7, 11) is 0. The first-order chi connectivity index (χ1) is 7.49. The predicted octanol–water partition coefficient (Wildman–Crippen LogP) is 2.90. The Morgan fingerprint density at radius 2 is 1.94 bits per heavy atom. The van der Waals surface area contributed by atoms with Crippen LogP contribution in [0, 0.1) is 5.41 Å². The third-order valence-electron chi connectivity index (χ3n) is 3.50. The van der Waals surface area contributed by atoms with Gasteiger partial charge in [-0.2, -0.15) is 0 Å². The first-order valence-corrected chi connectivity index (χ1v) is 6.13. The molecule has 1 atom stereocenters. The van der Waals surface area contributed by atoms with Gasteiger partial charge in [0.1, 0.15) is 0 Å². The molecule has 16 heavy (non-hydrogen) atoms. The SMILES string of the molecule is CC1(C)CN(c2ccc(Cl)cc2)CCC1N. The van der Waals surface area contributed by atoms with Crippen LogP contribution in [-0.4, -0.2) is 19.1 Å². The maximum Gasteiger partial charge on any atom is 0.0407 e. The number of hydrogen-bond donors (Lipinski definition) is 1. The smallest absolute Gasteiger partial charge is 0.0407 e. The number of nitrogens with two attached hydrogens (primary N) is 1. The second-order valence-corrected chi connectivity index (χ2v) is 5.72. The quantitative estimate of drug-likeness (QED) is 0.815. The molecular weight excluding hydrogens is 220 g/mol. The minimum Gasteiger partial charge on any atom is -0.371 e. The molecule has 1 heterocycles. The van der Waals surface area contributed by atoms with E-state index in [1.54, 1.807) is 0 Å². The third-order valence-corrected chi connectivity index (χ3v) is 3.76. The van der Waals surface area contributed by atoms with Crippen molar-refractivity contribution in [3.8, 4) is 0 Å². The van der Waals surface area contributed by atoms with E-state index in [2.05, 4.69) is 30.9 Å². The molecule has 1 aliphatic heterocycles. The predicted molar refractivity (Wildman–Crippen MR) is 70.0 cm³/mol. The van der Waals surface area contributed by atoms with E-state index in [4.69, 9.17) is 17.3 Å². The van der Waals surface area contributed by atoms with E-state index < -0.39 is 0 Å². The minimum atomic E-state index is 0.178. The Bertz CT molecular complexity index is 359. The highest BCUT2D eigenvalue weighted by atomic mass is 35.5. The summed E-state index contributed by atoms with van der Waals surface area (Å²) < 4.78 is 0. The molecule has 1 saturated heterocycles. The number of nitrogens with zero attached hydrogens (tertiary/aromatic N) is 1. The second-order valence-electron chi connectivity index (χ2n) is 5.28. The van der Waals surface area contributed by atoms with E-state index in [0.717, 1.165) is 24.5 Å². The maximum absolute atomic E-state index is 6.13. The van der Waals surface area contributed by atoms with E-state index in [-0.39, 0.29) is 5.41 Å². The van der Waals surface area contributed by atoms with Crippen LogP contribution < -0.4 is 10.6 Å². The molecule has 1 aliphatic rings. The van der Waals surface area contributed by atoms with Gasteiger partial charge in [0.05, 0.1) is 0 Å². The Hall–Kier alpha value is -0.730. The van der Waals surface area contributed by atoms with Gasteiger partial charge >= 0.3 is 0 Å². The molecule has 0 bridgehead atoms. The normalized spacial score (nSPS) is 24.5. The largest absolute Gasteiger partial charge is 0.371 e. The lowest BCUT2D eigenvalue weighted by Crippen LogP contribution is -2.52. The summed E-state index contributed by atoms with van der Waals surface area (Å²) in [4.78, 5) is 2.39.